The van der Waals surface area contributed by atoms with Crippen LogP contribution in [-0.2, 0) is 9.53 Å². The first-order chi connectivity index (χ1) is 13.6. The molecule has 0 unspecified atom stereocenters. The number of fused-ring (bicyclic) bond motifs is 1. The van der Waals surface area contributed by atoms with Gasteiger partial charge in [-0.1, -0.05) is 18.2 Å². The number of para-hydroxylation sites is 1. The number of ether oxygens (including phenoxy) is 1. The van der Waals surface area contributed by atoms with Crippen molar-refractivity contribution in [2.45, 2.75) is 26.7 Å². The average molecular weight is 384 g/mol. The maximum atomic E-state index is 12.3. The number of rotatable bonds is 6. The van der Waals surface area contributed by atoms with Crippen molar-refractivity contribution in [3.05, 3.63) is 36.0 Å². The highest BCUT2D eigenvalue weighted by Crippen LogP contribution is 2.22. The first-order valence-electron chi connectivity index (χ1n) is 9.87. The van der Waals surface area contributed by atoms with Gasteiger partial charge >= 0.3 is 12.0 Å². The van der Waals surface area contributed by atoms with Crippen LogP contribution in [0.2, 0.25) is 0 Å². The lowest BCUT2D eigenvalue weighted by Gasteiger charge is -2.30. The van der Waals surface area contributed by atoms with Crippen LogP contribution in [0.15, 0.2) is 30.3 Å². The van der Waals surface area contributed by atoms with E-state index in [0.29, 0.717) is 13.2 Å². The third kappa shape index (κ3) is 5.19. The lowest BCUT2D eigenvalue weighted by molar-refractivity contribution is -0.149. The van der Waals surface area contributed by atoms with Crippen LogP contribution in [0.4, 0.5) is 10.5 Å². The Hall–Kier alpha value is -2.67. The molecule has 2 amide bonds. The minimum Gasteiger partial charge on any atom is -0.466 e. The molecule has 0 radical (unpaired) electrons. The zero-order valence-corrected chi connectivity index (χ0v) is 16.5. The van der Waals surface area contributed by atoms with Crippen LogP contribution in [0.25, 0.3) is 10.9 Å². The molecule has 1 aliphatic heterocycles. The Morgan fingerprint density at radius 1 is 1.25 bits per heavy atom. The summed E-state index contributed by atoms with van der Waals surface area (Å²) in [6.45, 7) is 7.19. The van der Waals surface area contributed by atoms with Gasteiger partial charge in [-0.3, -0.25) is 9.78 Å². The maximum absolute atomic E-state index is 12.3. The number of piperidine rings is 1. The Kier molecular flexibility index (Phi) is 6.81. The van der Waals surface area contributed by atoms with Crippen LogP contribution in [0, 0.1) is 12.8 Å². The molecule has 7 heteroatoms. The van der Waals surface area contributed by atoms with Gasteiger partial charge in [-0.25, -0.2) is 4.79 Å². The van der Waals surface area contributed by atoms with Crippen molar-refractivity contribution in [3.8, 4) is 0 Å². The molecule has 1 aliphatic rings. The molecule has 3 rings (SSSR count). The van der Waals surface area contributed by atoms with E-state index in [4.69, 9.17) is 4.74 Å². The number of aryl methyl sites for hydroxylation is 1. The van der Waals surface area contributed by atoms with E-state index in [1.165, 1.54) is 0 Å². The second-order valence-corrected chi connectivity index (χ2v) is 7.08. The maximum Gasteiger partial charge on any atom is 0.319 e. The number of nitrogens with zero attached hydrogens (tertiary/aromatic N) is 2. The summed E-state index contributed by atoms with van der Waals surface area (Å²) in [7, 11) is 0. The van der Waals surface area contributed by atoms with Crippen LogP contribution < -0.4 is 10.6 Å². The quantitative estimate of drug-likeness (QED) is 0.748. The predicted octanol–water partition coefficient (Wildman–Crippen LogP) is 2.94. The smallest absolute Gasteiger partial charge is 0.319 e. The van der Waals surface area contributed by atoms with E-state index in [2.05, 4.69) is 20.5 Å². The lowest BCUT2D eigenvalue weighted by atomic mass is 9.97. The fourth-order valence-corrected chi connectivity index (χ4v) is 3.56. The number of carbonyl (C=O) groups excluding carboxylic acids is 2. The van der Waals surface area contributed by atoms with Crippen LogP contribution in [0.3, 0.4) is 0 Å². The fraction of sp³-hybridized carbons (Fsp3) is 0.476. The number of likely N-dealkylation sites (tertiary alicyclic amines) is 1. The molecule has 150 valence electrons. The van der Waals surface area contributed by atoms with E-state index in [1.807, 2.05) is 44.2 Å². The zero-order valence-electron chi connectivity index (χ0n) is 16.5. The Morgan fingerprint density at radius 2 is 2.00 bits per heavy atom. The molecule has 1 aromatic carbocycles. The van der Waals surface area contributed by atoms with Crippen LogP contribution in [-0.4, -0.2) is 54.7 Å². The summed E-state index contributed by atoms with van der Waals surface area (Å²) in [6, 6.07) is 9.40. The second-order valence-electron chi connectivity index (χ2n) is 7.08. The molecule has 0 atom stereocenters. The Labute approximate surface area is 165 Å². The van der Waals surface area contributed by atoms with E-state index < -0.39 is 0 Å². The Balaban J connectivity index is 1.44. The van der Waals surface area contributed by atoms with E-state index in [9.17, 15) is 9.59 Å². The van der Waals surface area contributed by atoms with E-state index in [-0.39, 0.29) is 17.9 Å². The Bertz CT molecular complexity index is 832. The number of urea groups is 1. The van der Waals surface area contributed by atoms with Crippen LogP contribution >= 0.6 is 0 Å². The van der Waals surface area contributed by atoms with Gasteiger partial charge in [0.1, 0.15) is 0 Å². The Morgan fingerprint density at radius 3 is 2.75 bits per heavy atom. The largest absolute Gasteiger partial charge is 0.466 e. The van der Waals surface area contributed by atoms with Gasteiger partial charge in [0.25, 0.3) is 0 Å². The normalized spacial score (nSPS) is 15.4. The van der Waals surface area contributed by atoms with Crippen LogP contribution in [0.1, 0.15) is 25.5 Å². The third-order valence-electron chi connectivity index (χ3n) is 5.01. The van der Waals surface area contributed by atoms with Crippen molar-refractivity contribution >= 4 is 28.6 Å². The summed E-state index contributed by atoms with van der Waals surface area (Å²) in [5, 5.41) is 6.76. The molecule has 28 heavy (non-hydrogen) atoms. The number of esters is 1. The predicted molar refractivity (Wildman–Crippen MR) is 109 cm³/mol. The van der Waals surface area contributed by atoms with Crippen molar-refractivity contribution in [3.63, 3.8) is 0 Å². The van der Waals surface area contributed by atoms with E-state index in [1.54, 1.807) is 0 Å². The summed E-state index contributed by atoms with van der Waals surface area (Å²) in [5.41, 5.74) is 2.48. The average Bonchev–Trinajstić information content (AvgIpc) is 2.68. The molecule has 0 bridgehead atoms. The number of hydrogen-bond acceptors (Lipinski definition) is 5. The minimum atomic E-state index is -0.225. The third-order valence-corrected chi connectivity index (χ3v) is 5.01. The molecule has 2 N–H and O–H groups in total. The molecular formula is C21H28N4O3. The van der Waals surface area contributed by atoms with Gasteiger partial charge in [0.05, 0.1) is 23.7 Å². The van der Waals surface area contributed by atoms with Gasteiger partial charge in [0, 0.05) is 24.2 Å². The molecule has 1 aromatic heterocycles. The van der Waals surface area contributed by atoms with Gasteiger partial charge in [-0.2, -0.15) is 0 Å². The number of amides is 2. The van der Waals surface area contributed by atoms with E-state index in [0.717, 1.165) is 54.8 Å². The molecular weight excluding hydrogens is 356 g/mol. The van der Waals surface area contributed by atoms with Crippen molar-refractivity contribution in [2.24, 2.45) is 5.92 Å². The zero-order chi connectivity index (χ0) is 19.9. The molecule has 0 saturated carbocycles. The highest BCUT2D eigenvalue weighted by molar-refractivity contribution is 6.00. The summed E-state index contributed by atoms with van der Waals surface area (Å²) >= 11 is 0. The van der Waals surface area contributed by atoms with E-state index >= 15 is 0 Å². The molecule has 1 fully saturated rings. The SMILES string of the molecule is CCOC(=O)C1CCN(CCNC(=O)Nc2cc(C)nc3ccccc23)CC1. The number of anilines is 1. The van der Waals surface area contributed by atoms with Crippen molar-refractivity contribution in [2.75, 3.05) is 38.1 Å². The number of pyridine rings is 1. The summed E-state index contributed by atoms with van der Waals surface area (Å²) in [6.07, 6.45) is 1.63. The second kappa shape index (κ2) is 9.50. The van der Waals surface area contributed by atoms with Gasteiger partial charge in [0.15, 0.2) is 0 Å². The molecule has 1 saturated heterocycles. The number of nitrogens with one attached hydrogen (secondary N) is 2. The van der Waals surface area contributed by atoms with Crippen LogP contribution in [0.5, 0.6) is 0 Å². The summed E-state index contributed by atoms with van der Waals surface area (Å²) in [4.78, 5) is 30.8. The first-order valence-corrected chi connectivity index (χ1v) is 9.87. The van der Waals surface area contributed by atoms with Crippen molar-refractivity contribution in [1.29, 1.82) is 0 Å². The monoisotopic (exact) mass is 384 g/mol. The molecule has 2 heterocycles. The minimum absolute atomic E-state index is 0.00988. The summed E-state index contributed by atoms with van der Waals surface area (Å²) in [5.74, 6) is -0.0739. The van der Waals surface area contributed by atoms with Gasteiger partial charge < -0.3 is 20.3 Å². The lowest BCUT2D eigenvalue weighted by Crippen LogP contribution is -2.42. The first kappa shape index (κ1) is 20.1. The number of aromatic nitrogens is 1. The number of hydrogen-bond donors (Lipinski definition) is 2. The standard InChI is InChI=1S/C21H28N4O3/c1-3-28-20(26)16-8-11-25(12-9-16)13-10-22-21(27)24-19-14-15(2)23-18-7-5-4-6-17(18)19/h4-7,14,16H,3,8-13H2,1-2H3,(H2,22,23,24,27). The van der Waals surface area contributed by atoms with Gasteiger partial charge in [-0.15, -0.1) is 0 Å². The topological polar surface area (TPSA) is 83.6 Å². The number of carbonyl (C=O) groups is 2. The van der Waals surface area contributed by atoms with Gasteiger partial charge in [-0.05, 0) is 51.9 Å². The van der Waals surface area contributed by atoms with Gasteiger partial charge in [0.2, 0.25) is 0 Å². The molecule has 0 spiro atoms. The molecule has 7 nitrogen and oxygen atoms in total. The number of benzene rings is 1. The molecule has 0 aliphatic carbocycles. The fourth-order valence-electron chi connectivity index (χ4n) is 3.56. The summed E-state index contributed by atoms with van der Waals surface area (Å²) < 4.78 is 5.10. The highest BCUT2D eigenvalue weighted by atomic mass is 16.5. The highest BCUT2D eigenvalue weighted by Gasteiger charge is 2.25. The molecule has 2 aromatic rings. The van der Waals surface area contributed by atoms with Crippen molar-refractivity contribution < 1.29 is 14.3 Å². The van der Waals surface area contributed by atoms with Crippen molar-refractivity contribution in [1.82, 2.24) is 15.2 Å².